The highest BCUT2D eigenvalue weighted by atomic mass is 32.2. The van der Waals surface area contributed by atoms with E-state index in [1.165, 1.54) is 0 Å². The summed E-state index contributed by atoms with van der Waals surface area (Å²) >= 11 is 0. The van der Waals surface area contributed by atoms with Crippen LogP contribution >= 0.6 is 0 Å². The van der Waals surface area contributed by atoms with Crippen molar-refractivity contribution in [2.45, 2.75) is 24.7 Å². The van der Waals surface area contributed by atoms with E-state index in [1.807, 2.05) is 0 Å². The Bertz CT molecular complexity index is 287. The highest BCUT2D eigenvalue weighted by Gasteiger charge is 2.34. The van der Waals surface area contributed by atoms with E-state index in [-0.39, 0.29) is 12.5 Å². The Kier molecular flexibility index (Phi) is 3.44. The molecule has 0 spiro atoms. The number of hydrogen-bond donors (Lipinski definition) is 1. The second-order valence-corrected chi connectivity index (χ2v) is 5.59. The van der Waals surface area contributed by atoms with Crippen LogP contribution in [0.15, 0.2) is 0 Å². The Hall–Kier alpha value is -0.270. The molecule has 0 saturated heterocycles. The first-order chi connectivity index (χ1) is 6.34. The molecule has 7 heteroatoms. The van der Waals surface area contributed by atoms with Crippen molar-refractivity contribution in [2.75, 3.05) is 13.6 Å². The van der Waals surface area contributed by atoms with Gasteiger partial charge in [0.1, 0.15) is 0 Å². The largest absolute Gasteiger partial charge is 0.393 e. The number of rotatable bonds is 4. The fraction of sp³-hybridized carbons (Fsp3) is 1.00. The van der Waals surface area contributed by atoms with Crippen LogP contribution in [0.25, 0.3) is 0 Å². The molecule has 1 aliphatic rings. The molecule has 14 heavy (non-hydrogen) atoms. The first-order valence-corrected chi connectivity index (χ1v) is 5.75. The molecule has 1 saturated carbocycles. The smallest absolute Gasteiger partial charge is 0.350 e. The number of halogens is 2. The van der Waals surface area contributed by atoms with Crippen molar-refractivity contribution < 1.29 is 22.3 Å². The monoisotopic (exact) mass is 229 g/mol. The minimum Gasteiger partial charge on any atom is -0.393 e. The zero-order valence-electron chi connectivity index (χ0n) is 7.73. The Labute approximate surface area is 81.6 Å². The van der Waals surface area contributed by atoms with Gasteiger partial charge in [0.05, 0.1) is 6.10 Å². The van der Waals surface area contributed by atoms with Gasteiger partial charge < -0.3 is 5.11 Å². The SMILES string of the molecule is CN(CC1CC(O)C1)S(=O)(=O)C(F)F. The lowest BCUT2D eigenvalue weighted by Crippen LogP contribution is -2.41. The molecule has 0 amide bonds. The van der Waals surface area contributed by atoms with Crippen LogP contribution in [0.4, 0.5) is 8.78 Å². The van der Waals surface area contributed by atoms with Crippen molar-refractivity contribution >= 4 is 10.0 Å². The molecule has 0 aromatic heterocycles. The maximum absolute atomic E-state index is 12.0. The lowest BCUT2D eigenvalue weighted by molar-refractivity contribution is 0.0361. The maximum Gasteiger partial charge on any atom is 0.350 e. The van der Waals surface area contributed by atoms with Crippen LogP contribution in [0.2, 0.25) is 0 Å². The number of alkyl halides is 2. The molecule has 1 aliphatic carbocycles. The van der Waals surface area contributed by atoms with E-state index in [2.05, 4.69) is 0 Å². The predicted octanol–water partition coefficient (Wildman–Crippen LogP) is 0.241. The van der Waals surface area contributed by atoms with Crippen LogP contribution in [-0.2, 0) is 10.0 Å². The van der Waals surface area contributed by atoms with Crippen molar-refractivity contribution in [3.8, 4) is 0 Å². The topological polar surface area (TPSA) is 57.6 Å². The molecule has 0 aromatic rings. The second-order valence-electron chi connectivity index (χ2n) is 3.58. The van der Waals surface area contributed by atoms with Crippen LogP contribution < -0.4 is 0 Å². The summed E-state index contributed by atoms with van der Waals surface area (Å²) in [4.78, 5) is 0. The van der Waals surface area contributed by atoms with Gasteiger partial charge in [0, 0.05) is 13.6 Å². The van der Waals surface area contributed by atoms with Crippen LogP contribution in [-0.4, -0.2) is 43.3 Å². The average molecular weight is 229 g/mol. The highest BCUT2D eigenvalue weighted by Crippen LogP contribution is 2.28. The van der Waals surface area contributed by atoms with E-state index in [0.29, 0.717) is 17.1 Å². The summed E-state index contributed by atoms with van der Waals surface area (Å²) in [7, 11) is -3.32. The molecular weight excluding hydrogens is 216 g/mol. The maximum atomic E-state index is 12.0. The second kappa shape index (κ2) is 4.08. The van der Waals surface area contributed by atoms with Crippen LogP contribution in [0.3, 0.4) is 0 Å². The van der Waals surface area contributed by atoms with Gasteiger partial charge in [0.15, 0.2) is 0 Å². The van der Waals surface area contributed by atoms with Crippen LogP contribution in [0.1, 0.15) is 12.8 Å². The third-order valence-electron chi connectivity index (χ3n) is 2.39. The lowest BCUT2D eigenvalue weighted by Gasteiger charge is -2.33. The van der Waals surface area contributed by atoms with Gasteiger partial charge in [-0.2, -0.15) is 13.1 Å². The molecule has 4 nitrogen and oxygen atoms in total. The number of aliphatic hydroxyl groups excluding tert-OH is 1. The summed E-state index contributed by atoms with van der Waals surface area (Å²) in [6.45, 7) is 0.0593. The summed E-state index contributed by atoms with van der Waals surface area (Å²) < 4.78 is 46.5. The molecule has 84 valence electrons. The zero-order chi connectivity index (χ0) is 10.9. The Morgan fingerprint density at radius 3 is 2.36 bits per heavy atom. The predicted molar refractivity (Wildman–Crippen MR) is 46.3 cm³/mol. The molecule has 0 unspecified atom stereocenters. The van der Waals surface area contributed by atoms with Gasteiger partial charge in [0.25, 0.3) is 10.0 Å². The molecule has 0 aromatic carbocycles. The molecule has 1 rings (SSSR count). The van der Waals surface area contributed by atoms with Crippen LogP contribution in [0, 0.1) is 5.92 Å². The number of sulfonamides is 1. The summed E-state index contributed by atoms with van der Waals surface area (Å²) in [6, 6.07) is 0. The van der Waals surface area contributed by atoms with Gasteiger partial charge in [-0.15, -0.1) is 0 Å². The zero-order valence-corrected chi connectivity index (χ0v) is 8.54. The summed E-state index contributed by atoms with van der Waals surface area (Å²) in [5.41, 5.74) is 0. The molecular formula is C7H13F2NO3S. The number of aliphatic hydroxyl groups is 1. The van der Waals surface area contributed by atoms with Gasteiger partial charge in [0.2, 0.25) is 0 Å². The van der Waals surface area contributed by atoms with E-state index in [9.17, 15) is 17.2 Å². The van der Waals surface area contributed by atoms with E-state index in [1.54, 1.807) is 0 Å². The van der Waals surface area contributed by atoms with Gasteiger partial charge in [-0.05, 0) is 18.8 Å². The Morgan fingerprint density at radius 1 is 1.50 bits per heavy atom. The quantitative estimate of drug-likeness (QED) is 0.751. The Balaban J connectivity index is 2.46. The highest BCUT2D eigenvalue weighted by molar-refractivity contribution is 7.89. The van der Waals surface area contributed by atoms with E-state index < -0.39 is 21.9 Å². The molecule has 0 bridgehead atoms. The Morgan fingerprint density at radius 2 is 2.00 bits per heavy atom. The van der Waals surface area contributed by atoms with E-state index >= 15 is 0 Å². The van der Waals surface area contributed by atoms with Crippen molar-refractivity contribution in [2.24, 2.45) is 5.92 Å². The molecule has 0 aliphatic heterocycles. The molecule has 1 fully saturated rings. The fourth-order valence-corrected chi connectivity index (χ4v) is 2.14. The molecule has 1 N–H and O–H groups in total. The minimum absolute atomic E-state index is 0.00326. The molecule has 0 heterocycles. The fourth-order valence-electron chi connectivity index (χ4n) is 1.45. The minimum atomic E-state index is -4.45. The van der Waals surface area contributed by atoms with Crippen molar-refractivity contribution in [3.63, 3.8) is 0 Å². The summed E-state index contributed by atoms with van der Waals surface area (Å²) in [5.74, 6) is -3.36. The molecule has 0 atom stereocenters. The van der Waals surface area contributed by atoms with Gasteiger partial charge >= 0.3 is 5.76 Å². The van der Waals surface area contributed by atoms with Crippen molar-refractivity contribution in [3.05, 3.63) is 0 Å². The first-order valence-electron chi connectivity index (χ1n) is 4.25. The van der Waals surface area contributed by atoms with Crippen molar-refractivity contribution in [1.29, 1.82) is 0 Å². The van der Waals surface area contributed by atoms with Gasteiger partial charge in [-0.3, -0.25) is 0 Å². The molecule has 0 radical (unpaired) electrons. The average Bonchev–Trinajstić information content (AvgIpc) is 2.01. The van der Waals surface area contributed by atoms with E-state index in [0.717, 1.165) is 7.05 Å². The van der Waals surface area contributed by atoms with Crippen molar-refractivity contribution in [1.82, 2.24) is 4.31 Å². The lowest BCUT2D eigenvalue weighted by atomic mass is 9.82. The summed E-state index contributed by atoms with van der Waals surface area (Å²) in [5, 5.41) is 8.93. The van der Waals surface area contributed by atoms with Gasteiger partial charge in [-0.25, -0.2) is 8.42 Å². The number of nitrogens with zero attached hydrogens (tertiary/aromatic N) is 1. The third kappa shape index (κ3) is 2.40. The standard InChI is InChI=1S/C7H13F2NO3S/c1-10(14(12,13)7(8)9)4-5-2-6(11)3-5/h5-7,11H,2-4H2,1H3. The summed E-state index contributed by atoms with van der Waals surface area (Å²) in [6.07, 6.45) is 0.578. The van der Waals surface area contributed by atoms with E-state index in [4.69, 9.17) is 5.11 Å². The van der Waals surface area contributed by atoms with Crippen LogP contribution in [0.5, 0.6) is 0 Å². The van der Waals surface area contributed by atoms with Gasteiger partial charge in [-0.1, -0.05) is 0 Å². The normalized spacial score (nSPS) is 28.1. The number of hydrogen-bond acceptors (Lipinski definition) is 3. The first kappa shape index (κ1) is 11.8. The third-order valence-corrected chi connectivity index (χ3v) is 3.85.